The van der Waals surface area contributed by atoms with Crippen molar-refractivity contribution in [3.8, 4) is 17.3 Å². The monoisotopic (exact) mass is 344 g/mol. The van der Waals surface area contributed by atoms with Gasteiger partial charge in [0.1, 0.15) is 17.5 Å². The lowest BCUT2D eigenvalue weighted by atomic mass is 10.1. The lowest BCUT2D eigenvalue weighted by Crippen LogP contribution is -2.16. The van der Waals surface area contributed by atoms with Crippen molar-refractivity contribution < 1.29 is 9.21 Å². The second kappa shape index (κ2) is 6.14. The first-order chi connectivity index (χ1) is 12.7. The van der Waals surface area contributed by atoms with Gasteiger partial charge in [0.25, 0.3) is 5.91 Å². The first-order valence-corrected chi connectivity index (χ1v) is 7.71. The van der Waals surface area contributed by atoms with Gasteiger partial charge in [-0.15, -0.1) is 0 Å². The van der Waals surface area contributed by atoms with Crippen LogP contribution < -0.4 is 5.32 Å². The third-order valence-corrected chi connectivity index (χ3v) is 3.89. The maximum Gasteiger partial charge on any atom is 0.276 e. The Balaban J connectivity index is 1.66. The van der Waals surface area contributed by atoms with Gasteiger partial charge in [-0.3, -0.25) is 9.89 Å². The quantitative estimate of drug-likeness (QED) is 0.589. The maximum atomic E-state index is 12.5. The van der Waals surface area contributed by atoms with Crippen molar-refractivity contribution in [3.63, 3.8) is 0 Å². The Hall–Kier alpha value is -3.99. The van der Waals surface area contributed by atoms with E-state index in [-0.39, 0.29) is 11.4 Å². The van der Waals surface area contributed by atoms with Gasteiger partial charge in [-0.05, 0) is 31.2 Å². The van der Waals surface area contributed by atoms with Gasteiger partial charge in [-0.2, -0.15) is 10.4 Å². The van der Waals surface area contributed by atoms with Crippen LogP contribution in [-0.2, 0) is 0 Å². The number of anilines is 1. The molecule has 4 aromatic rings. The molecule has 26 heavy (non-hydrogen) atoms. The molecule has 8 nitrogen and oxygen atoms in total. The van der Waals surface area contributed by atoms with Gasteiger partial charge in [0, 0.05) is 16.6 Å². The second-order valence-corrected chi connectivity index (χ2v) is 5.60. The normalized spacial score (nSPS) is 10.6. The lowest BCUT2D eigenvalue weighted by Gasteiger charge is -2.07. The third kappa shape index (κ3) is 2.67. The average molecular weight is 344 g/mol. The van der Waals surface area contributed by atoms with Gasteiger partial charge < -0.3 is 9.73 Å². The van der Waals surface area contributed by atoms with Crippen LogP contribution in [0.15, 0.2) is 47.4 Å². The van der Waals surface area contributed by atoms with Crippen LogP contribution in [0.4, 0.5) is 5.69 Å². The highest BCUT2D eigenvalue weighted by Crippen LogP contribution is 2.28. The standard InChI is InChI=1S/C18H12N6O2/c1-10-16(20-8-13(7-19)21-10)18(25)22-12-2-3-15-14(6-12)17(24-23-15)11-4-5-26-9-11/h2-6,8-9H,1H3,(H,22,25)(H,23,24). The van der Waals surface area contributed by atoms with E-state index in [1.54, 1.807) is 25.5 Å². The Morgan fingerprint density at radius 2 is 2.23 bits per heavy atom. The molecule has 0 atom stereocenters. The minimum atomic E-state index is -0.396. The van der Waals surface area contributed by atoms with Crippen LogP contribution in [0.1, 0.15) is 21.9 Å². The summed E-state index contributed by atoms with van der Waals surface area (Å²) < 4.78 is 5.11. The zero-order valence-electron chi connectivity index (χ0n) is 13.6. The van der Waals surface area contributed by atoms with Gasteiger partial charge in [0.15, 0.2) is 5.69 Å². The molecule has 126 valence electrons. The van der Waals surface area contributed by atoms with Crippen molar-refractivity contribution in [2.45, 2.75) is 6.92 Å². The summed E-state index contributed by atoms with van der Waals surface area (Å²) in [5.41, 5.74) is 3.75. The topological polar surface area (TPSA) is 120 Å². The third-order valence-electron chi connectivity index (χ3n) is 3.89. The summed E-state index contributed by atoms with van der Waals surface area (Å²) in [6.07, 6.45) is 4.46. The number of nitrogens with one attached hydrogen (secondary N) is 2. The number of nitriles is 1. The number of hydrogen-bond acceptors (Lipinski definition) is 6. The molecule has 1 amide bonds. The van der Waals surface area contributed by atoms with Gasteiger partial charge in [0.2, 0.25) is 0 Å². The molecule has 0 aliphatic rings. The number of rotatable bonds is 3. The van der Waals surface area contributed by atoms with Crippen LogP contribution in [0.25, 0.3) is 22.2 Å². The summed E-state index contributed by atoms with van der Waals surface area (Å²) in [7, 11) is 0. The first-order valence-electron chi connectivity index (χ1n) is 7.71. The molecule has 0 unspecified atom stereocenters. The smallest absolute Gasteiger partial charge is 0.276 e. The van der Waals surface area contributed by atoms with E-state index in [1.165, 1.54) is 6.20 Å². The molecule has 3 heterocycles. The molecule has 0 saturated carbocycles. The fourth-order valence-corrected chi connectivity index (χ4v) is 2.66. The predicted octanol–water partition coefficient (Wildman–Crippen LogP) is 3.05. The van der Waals surface area contributed by atoms with Gasteiger partial charge >= 0.3 is 0 Å². The van der Waals surface area contributed by atoms with E-state index in [4.69, 9.17) is 9.68 Å². The second-order valence-electron chi connectivity index (χ2n) is 5.60. The number of carbonyl (C=O) groups excluding carboxylic acids is 1. The average Bonchev–Trinajstić information content (AvgIpc) is 3.30. The number of nitrogens with zero attached hydrogens (tertiary/aromatic N) is 4. The van der Waals surface area contributed by atoms with E-state index >= 15 is 0 Å². The van der Waals surface area contributed by atoms with Crippen LogP contribution >= 0.6 is 0 Å². The molecule has 0 aliphatic carbocycles. The summed E-state index contributed by atoms with van der Waals surface area (Å²) in [4.78, 5) is 20.5. The zero-order valence-corrected chi connectivity index (χ0v) is 13.6. The number of aryl methyl sites for hydroxylation is 1. The number of benzene rings is 1. The van der Waals surface area contributed by atoms with Crippen LogP contribution in [-0.4, -0.2) is 26.1 Å². The number of amides is 1. The van der Waals surface area contributed by atoms with E-state index in [9.17, 15) is 4.79 Å². The molecular formula is C18H12N6O2. The van der Waals surface area contributed by atoms with Crippen LogP contribution in [0.2, 0.25) is 0 Å². The number of fused-ring (bicyclic) bond motifs is 1. The predicted molar refractivity (Wildman–Crippen MR) is 93.2 cm³/mol. The van der Waals surface area contributed by atoms with E-state index in [2.05, 4.69) is 25.5 Å². The Morgan fingerprint density at radius 1 is 1.35 bits per heavy atom. The Kier molecular flexibility index (Phi) is 3.67. The SMILES string of the molecule is Cc1nc(C#N)cnc1C(=O)Nc1ccc2[nH]nc(-c3ccoc3)c2c1. The molecule has 0 fully saturated rings. The highest BCUT2D eigenvalue weighted by atomic mass is 16.3. The number of furan rings is 1. The number of aromatic nitrogens is 4. The Labute approximate surface area is 147 Å². The molecule has 4 rings (SSSR count). The Morgan fingerprint density at radius 3 is 2.96 bits per heavy atom. The van der Waals surface area contributed by atoms with Crippen LogP contribution in [0.5, 0.6) is 0 Å². The summed E-state index contributed by atoms with van der Waals surface area (Å²) >= 11 is 0. The minimum Gasteiger partial charge on any atom is -0.472 e. The molecule has 0 spiro atoms. The van der Waals surface area contributed by atoms with Crippen molar-refractivity contribution in [2.75, 3.05) is 5.32 Å². The fourth-order valence-electron chi connectivity index (χ4n) is 2.66. The number of H-pyrrole nitrogens is 1. The lowest BCUT2D eigenvalue weighted by molar-refractivity contribution is 0.102. The van der Waals surface area contributed by atoms with E-state index in [0.29, 0.717) is 11.4 Å². The fraction of sp³-hybridized carbons (Fsp3) is 0.0556. The number of hydrogen-bond donors (Lipinski definition) is 2. The summed E-state index contributed by atoms with van der Waals surface area (Å²) in [6.45, 7) is 1.64. The van der Waals surface area contributed by atoms with Crippen molar-refractivity contribution >= 4 is 22.5 Å². The van der Waals surface area contributed by atoms with E-state index in [1.807, 2.05) is 24.3 Å². The molecule has 0 radical (unpaired) electrons. The maximum absolute atomic E-state index is 12.5. The van der Waals surface area contributed by atoms with Gasteiger partial charge in [-0.25, -0.2) is 9.97 Å². The minimum absolute atomic E-state index is 0.170. The van der Waals surface area contributed by atoms with Gasteiger partial charge in [0.05, 0.1) is 29.9 Å². The molecule has 3 aromatic heterocycles. The summed E-state index contributed by atoms with van der Waals surface area (Å²) in [5, 5.41) is 19.7. The van der Waals surface area contributed by atoms with Crippen molar-refractivity contribution in [1.82, 2.24) is 20.2 Å². The largest absolute Gasteiger partial charge is 0.472 e. The van der Waals surface area contributed by atoms with Crippen LogP contribution in [0.3, 0.4) is 0 Å². The summed E-state index contributed by atoms with van der Waals surface area (Å²) in [6, 6.07) is 9.14. The number of carbonyl (C=O) groups is 1. The molecule has 0 aliphatic heterocycles. The zero-order chi connectivity index (χ0) is 18.1. The van der Waals surface area contributed by atoms with Gasteiger partial charge in [-0.1, -0.05) is 0 Å². The van der Waals surface area contributed by atoms with E-state index in [0.717, 1.165) is 22.2 Å². The van der Waals surface area contributed by atoms with Crippen molar-refractivity contribution in [1.29, 1.82) is 5.26 Å². The molecule has 1 aromatic carbocycles. The van der Waals surface area contributed by atoms with Crippen molar-refractivity contribution in [2.24, 2.45) is 0 Å². The highest BCUT2D eigenvalue weighted by Gasteiger charge is 2.15. The molecule has 0 saturated heterocycles. The van der Waals surface area contributed by atoms with E-state index < -0.39 is 5.91 Å². The first kappa shape index (κ1) is 15.5. The number of aromatic amines is 1. The Bertz CT molecular complexity index is 1150. The highest BCUT2D eigenvalue weighted by molar-refractivity contribution is 6.05. The molecule has 2 N–H and O–H groups in total. The molecular weight excluding hydrogens is 332 g/mol. The van der Waals surface area contributed by atoms with Crippen molar-refractivity contribution in [3.05, 3.63) is 60.1 Å². The molecule has 0 bridgehead atoms. The molecule has 8 heteroatoms. The van der Waals surface area contributed by atoms with Crippen LogP contribution in [0, 0.1) is 18.3 Å². The summed E-state index contributed by atoms with van der Waals surface area (Å²) in [5.74, 6) is -0.396.